The summed E-state index contributed by atoms with van der Waals surface area (Å²) in [5.41, 5.74) is 2.34. The molecule has 0 fully saturated rings. The minimum atomic E-state index is 0.627. The lowest BCUT2D eigenvalue weighted by Gasteiger charge is -2.10. The fraction of sp³-hybridized carbons (Fsp3) is 0.200. The standard InChI is InChI=1S/C15H16N4/c1-2-8-17-15-10-13(7-9-18-15)19-14-6-4-3-5-12(14)11-16/h3-7,9-10H,2,8H2,1H3,(H2,17,18,19). The molecule has 0 aliphatic heterocycles. The molecule has 19 heavy (non-hydrogen) atoms. The van der Waals surface area contributed by atoms with Crippen LogP contribution in [-0.4, -0.2) is 11.5 Å². The maximum atomic E-state index is 9.05. The van der Waals surface area contributed by atoms with Crippen LogP contribution >= 0.6 is 0 Å². The van der Waals surface area contributed by atoms with E-state index < -0.39 is 0 Å². The van der Waals surface area contributed by atoms with Gasteiger partial charge in [-0.3, -0.25) is 0 Å². The number of rotatable bonds is 5. The van der Waals surface area contributed by atoms with Crippen molar-refractivity contribution in [3.8, 4) is 6.07 Å². The van der Waals surface area contributed by atoms with Gasteiger partial charge in [-0.15, -0.1) is 0 Å². The number of nitriles is 1. The van der Waals surface area contributed by atoms with Crippen LogP contribution in [0.5, 0.6) is 0 Å². The van der Waals surface area contributed by atoms with E-state index in [4.69, 9.17) is 5.26 Å². The zero-order valence-corrected chi connectivity index (χ0v) is 10.9. The normalized spacial score (nSPS) is 9.68. The van der Waals surface area contributed by atoms with E-state index in [0.29, 0.717) is 5.56 Å². The van der Waals surface area contributed by atoms with Crippen LogP contribution in [-0.2, 0) is 0 Å². The van der Waals surface area contributed by atoms with Crippen molar-refractivity contribution in [2.45, 2.75) is 13.3 Å². The summed E-state index contributed by atoms with van der Waals surface area (Å²) >= 11 is 0. The number of hydrogen-bond acceptors (Lipinski definition) is 4. The Kier molecular flexibility index (Phi) is 4.35. The number of benzene rings is 1. The van der Waals surface area contributed by atoms with Crippen molar-refractivity contribution >= 4 is 17.2 Å². The molecule has 2 rings (SSSR count). The molecular formula is C15H16N4. The maximum Gasteiger partial charge on any atom is 0.127 e. The molecule has 0 unspecified atom stereocenters. The van der Waals surface area contributed by atoms with Gasteiger partial charge in [0.05, 0.1) is 11.3 Å². The smallest absolute Gasteiger partial charge is 0.127 e. The highest BCUT2D eigenvalue weighted by Gasteiger charge is 2.02. The fourth-order valence-electron chi connectivity index (χ4n) is 1.70. The summed E-state index contributed by atoms with van der Waals surface area (Å²) in [7, 11) is 0. The van der Waals surface area contributed by atoms with Gasteiger partial charge in [0.15, 0.2) is 0 Å². The van der Waals surface area contributed by atoms with Gasteiger partial charge in [0.2, 0.25) is 0 Å². The van der Waals surface area contributed by atoms with Crippen LogP contribution in [0.25, 0.3) is 0 Å². The second kappa shape index (κ2) is 6.41. The highest BCUT2D eigenvalue weighted by atomic mass is 15.0. The van der Waals surface area contributed by atoms with E-state index in [2.05, 4.69) is 28.6 Å². The Labute approximate surface area is 113 Å². The molecule has 0 spiro atoms. The molecule has 0 radical (unpaired) electrons. The highest BCUT2D eigenvalue weighted by molar-refractivity contribution is 5.67. The summed E-state index contributed by atoms with van der Waals surface area (Å²) in [6.45, 7) is 3.00. The largest absolute Gasteiger partial charge is 0.370 e. The summed E-state index contributed by atoms with van der Waals surface area (Å²) in [4.78, 5) is 4.24. The number of hydrogen-bond donors (Lipinski definition) is 2. The average Bonchev–Trinajstić information content (AvgIpc) is 2.46. The molecule has 1 aromatic heterocycles. The minimum absolute atomic E-state index is 0.627. The summed E-state index contributed by atoms with van der Waals surface area (Å²) in [6.07, 6.45) is 2.80. The first-order valence-electron chi connectivity index (χ1n) is 6.29. The van der Waals surface area contributed by atoms with Crippen molar-refractivity contribution < 1.29 is 0 Å². The quantitative estimate of drug-likeness (QED) is 0.854. The van der Waals surface area contributed by atoms with Gasteiger partial charge in [0.1, 0.15) is 11.9 Å². The molecule has 1 aromatic carbocycles. The number of nitrogens with zero attached hydrogens (tertiary/aromatic N) is 2. The van der Waals surface area contributed by atoms with E-state index in [-0.39, 0.29) is 0 Å². The molecule has 0 aliphatic rings. The van der Waals surface area contributed by atoms with Gasteiger partial charge in [-0.1, -0.05) is 19.1 Å². The molecular weight excluding hydrogens is 236 g/mol. The van der Waals surface area contributed by atoms with Crippen LogP contribution in [0.15, 0.2) is 42.6 Å². The van der Waals surface area contributed by atoms with Crippen molar-refractivity contribution in [3.05, 3.63) is 48.2 Å². The lowest BCUT2D eigenvalue weighted by atomic mass is 10.2. The average molecular weight is 252 g/mol. The van der Waals surface area contributed by atoms with Crippen LogP contribution in [0.1, 0.15) is 18.9 Å². The van der Waals surface area contributed by atoms with Gasteiger partial charge >= 0.3 is 0 Å². The summed E-state index contributed by atoms with van der Waals surface area (Å²) < 4.78 is 0. The zero-order chi connectivity index (χ0) is 13.5. The van der Waals surface area contributed by atoms with Crippen LogP contribution in [0.3, 0.4) is 0 Å². The molecule has 4 nitrogen and oxygen atoms in total. The lowest BCUT2D eigenvalue weighted by molar-refractivity contribution is 0.969. The first-order valence-corrected chi connectivity index (χ1v) is 6.29. The Bertz CT molecular complexity index is 587. The predicted octanol–water partition coefficient (Wildman–Crippen LogP) is 3.52. The Morgan fingerprint density at radius 2 is 2.11 bits per heavy atom. The van der Waals surface area contributed by atoms with Gasteiger partial charge in [0.25, 0.3) is 0 Å². The van der Waals surface area contributed by atoms with Gasteiger partial charge < -0.3 is 10.6 Å². The van der Waals surface area contributed by atoms with Gasteiger partial charge in [-0.25, -0.2) is 4.98 Å². The maximum absolute atomic E-state index is 9.05. The molecule has 0 atom stereocenters. The van der Waals surface area contributed by atoms with Crippen molar-refractivity contribution in [1.82, 2.24) is 4.98 Å². The molecule has 0 bridgehead atoms. The van der Waals surface area contributed by atoms with Gasteiger partial charge in [0, 0.05) is 24.5 Å². The van der Waals surface area contributed by atoms with E-state index in [9.17, 15) is 0 Å². The fourth-order valence-corrected chi connectivity index (χ4v) is 1.70. The second-order valence-corrected chi connectivity index (χ2v) is 4.14. The third kappa shape index (κ3) is 3.46. The van der Waals surface area contributed by atoms with Crippen molar-refractivity contribution in [2.24, 2.45) is 0 Å². The second-order valence-electron chi connectivity index (χ2n) is 4.14. The molecule has 0 amide bonds. The Balaban J connectivity index is 2.17. The third-order valence-electron chi connectivity index (χ3n) is 2.64. The number of para-hydroxylation sites is 1. The number of aromatic nitrogens is 1. The topological polar surface area (TPSA) is 60.7 Å². The number of anilines is 3. The number of nitrogens with one attached hydrogen (secondary N) is 2. The van der Waals surface area contributed by atoms with Gasteiger partial charge in [-0.05, 0) is 24.6 Å². The van der Waals surface area contributed by atoms with E-state index >= 15 is 0 Å². The highest BCUT2D eigenvalue weighted by Crippen LogP contribution is 2.21. The predicted molar refractivity (Wildman–Crippen MR) is 77.5 cm³/mol. The van der Waals surface area contributed by atoms with Crippen molar-refractivity contribution in [1.29, 1.82) is 5.26 Å². The molecule has 1 heterocycles. The van der Waals surface area contributed by atoms with Crippen LogP contribution < -0.4 is 10.6 Å². The molecule has 0 saturated carbocycles. The first-order chi connectivity index (χ1) is 9.33. The van der Waals surface area contributed by atoms with Crippen molar-refractivity contribution in [3.63, 3.8) is 0 Å². The Morgan fingerprint density at radius 1 is 1.26 bits per heavy atom. The Hall–Kier alpha value is -2.54. The summed E-state index contributed by atoms with van der Waals surface area (Å²) in [6, 6.07) is 13.4. The summed E-state index contributed by atoms with van der Waals surface area (Å²) in [5, 5.41) is 15.5. The van der Waals surface area contributed by atoms with Crippen molar-refractivity contribution in [2.75, 3.05) is 17.2 Å². The molecule has 2 aromatic rings. The molecule has 0 aliphatic carbocycles. The molecule has 2 N–H and O–H groups in total. The van der Waals surface area contributed by atoms with Crippen LogP contribution in [0.2, 0.25) is 0 Å². The minimum Gasteiger partial charge on any atom is -0.370 e. The van der Waals surface area contributed by atoms with E-state index in [1.165, 1.54) is 0 Å². The molecule has 0 saturated heterocycles. The van der Waals surface area contributed by atoms with Crippen LogP contribution in [0, 0.1) is 11.3 Å². The number of pyridine rings is 1. The molecule has 4 heteroatoms. The van der Waals surface area contributed by atoms with Crippen LogP contribution in [0.4, 0.5) is 17.2 Å². The summed E-state index contributed by atoms with van der Waals surface area (Å²) in [5.74, 6) is 0.835. The lowest BCUT2D eigenvalue weighted by Crippen LogP contribution is -2.02. The Morgan fingerprint density at radius 3 is 2.89 bits per heavy atom. The van der Waals surface area contributed by atoms with E-state index in [1.54, 1.807) is 12.3 Å². The first kappa shape index (κ1) is 12.9. The molecule has 96 valence electrons. The van der Waals surface area contributed by atoms with Gasteiger partial charge in [-0.2, -0.15) is 5.26 Å². The van der Waals surface area contributed by atoms with E-state index in [1.807, 2.05) is 30.3 Å². The zero-order valence-electron chi connectivity index (χ0n) is 10.9. The van der Waals surface area contributed by atoms with E-state index in [0.717, 1.165) is 30.2 Å². The SMILES string of the molecule is CCCNc1cc(Nc2ccccc2C#N)ccn1. The third-order valence-corrected chi connectivity index (χ3v) is 2.64. The monoisotopic (exact) mass is 252 g/mol.